The Labute approximate surface area is 152 Å². The summed E-state index contributed by atoms with van der Waals surface area (Å²) >= 11 is 12.0. The van der Waals surface area contributed by atoms with Gasteiger partial charge in [0.2, 0.25) is 0 Å². The zero-order valence-electron chi connectivity index (χ0n) is 14.0. The molecule has 0 atom stereocenters. The maximum atomic E-state index is 12.1. The van der Waals surface area contributed by atoms with Gasteiger partial charge in [-0.25, -0.2) is 4.98 Å². The lowest BCUT2D eigenvalue weighted by atomic mass is 10.1. The molecule has 1 amide bonds. The highest BCUT2D eigenvalue weighted by atomic mass is 35.5. The van der Waals surface area contributed by atoms with E-state index in [2.05, 4.69) is 36.4 Å². The van der Waals surface area contributed by atoms with Crippen LogP contribution in [-0.4, -0.2) is 23.0 Å². The van der Waals surface area contributed by atoms with E-state index in [1.165, 1.54) is 0 Å². The van der Waals surface area contributed by atoms with Crippen LogP contribution in [0.3, 0.4) is 0 Å². The number of hydrogen-bond acceptors (Lipinski definition) is 3. The lowest BCUT2D eigenvalue weighted by Crippen LogP contribution is -2.27. The Morgan fingerprint density at radius 1 is 1.17 bits per heavy atom. The predicted molar refractivity (Wildman–Crippen MR) is 100 cm³/mol. The van der Waals surface area contributed by atoms with Crippen LogP contribution < -0.4 is 10.6 Å². The van der Waals surface area contributed by atoms with Gasteiger partial charge >= 0.3 is 0 Å². The Morgan fingerprint density at radius 2 is 1.92 bits per heavy atom. The molecule has 4 nitrogen and oxygen atoms in total. The first kappa shape index (κ1) is 18.6. The van der Waals surface area contributed by atoms with E-state index in [1.807, 2.05) is 12.1 Å². The van der Waals surface area contributed by atoms with Gasteiger partial charge in [-0.2, -0.15) is 0 Å². The number of anilines is 1. The van der Waals surface area contributed by atoms with Crippen molar-refractivity contribution in [3.63, 3.8) is 0 Å². The fraction of sp³-hybridized carbons (Fsp3) is 0.333. The summed E-state index contributed by atoms with van der Waals surface area (Å²) in [5.41, 5.74) is 2.16. The first-order chi connectivity index (χ1) is 11.2. The second-order valence-electron chi connectivity index (χ2n) is 6.55. The van der Waals surface area contributed by atoms with Crippen LogP contribution in [0.1, 0.15) is 36.8 Å². The van der Waals surface area contributed by atoms with E-state index in [9.17, 15) is 4.79 Å². The summed E-state index contributed by atoms with van der Waals surface area (Å²) in [5, 5.41) is 7.35. The highest BCUT2D eigenvalue weighted by Gasteiger charge is 2.11. The summed E-state index contributed by atoms with van der Waals surface area (Å²) in [6.45, 7) is 6.67. The third-order valence-electron chi connectivity index (χ3n) is 3.21. The number of carbonyl (C=O) groups is 1. The van der Waals surface area contributed by atoms with Crippen LogP contribution in [0.5, 0.6) is 0 Å². The van der Waals surface area contributed by atoms with Crippen LogP contribution in [-0.2, 0) is 6.42 Å². The Morgan fingerprint density at radius 3 is 2.50 bits per heavy atom. The van der Waals surface area contributed by atoms with Crippen LogP contribution in [0.2, 0.25) is 10.0 Å². The van der Waals surface area contributed by atoms with Crippen molar-refractivity contribution in [1.82, 2.24) is 10.3 Å². The van der Waals surface area contributed by atoms with Crippen LogP contribution in [0, 0.1) is 0 Å². The molecule has 0 aliphatic rings. The van der Waals surface area contributed by atoms with Gasteiger partial charge in [-0.1, -0.05) is 29.3 Å². The summed E-state index contributed by atoms with van der Waals surface area (Å²) in [4.78, 5) is 16.3. The molecule has 0 spiro atoms. The molecular weight excluding hydrogens is 345 g/mol. The summed E-state index contributed by atoms with van der Waals surface area (Å²) in [5.74, 6) is -0.206. The lowest BCUT2D eigenvalue weighted by Gasteiger charge is -2.21. The van der Waals surface area contributed by atoms with E-state index >= 15 is 0 Å². The van der Waals surface area contributed by atoms with Gasteiger partial charge in [-0.15, -0.1) is 0 Å². The largest absolute Gasteiger partial charge is 0.379 e. The topological polar surface area (TPSA) is 54.0 Å². The molecule has 6 heteroatoms. The van der Waals surface area contributed by atoms with E-state index < -0.39 is 0 Å². The first-order valence-corrected chi connectivity index (χ1v) is 8.46. The third-order valence-corrected chi connectivity index (χ3v) is 3.80. The van der Waals surface area contributed by atoms with Crippen molar-refractivity contribution in [3.8, 4) is 0 Å². The Kier molecular flexibility index (Phi) is 6.08. The average molecular weight is 366 g/mol. The molecule has 1 heterocycles. The molecule has 0 aliphatic carbocycles. The van der Waals surface area contributed by atoms with Gasteiger partial charge < -0.3 is 10.6 Å². The number of halogens is 2. The molecule has 0 unspecified atom stereocenters. The van der Waals surface area contributed by atoms with Gasteiger partial charge in [0.1, 0.15) is 5.69 Å². The van der Waals surface area contributed by atoms with Crippen molar-refractivity contribution >= 4 is 34.8 Å². The molecule has 0 saturated heterocycles. The minimum Gasteiger partial charge on any atom is -0.379 e. The van der Waals surface area contributed by atoms with Crippen LogP contribution in [0.25, 0.3) is 0 Å². The minimum atomic E-state index is -0.206. The molecule has 2 N–H and O–H groups in total. The van der Waals surface area contributed by atoms with Gasteiger partial charge in [0, 0.05) is 22.1 Å². The van der Waals surface area contributed by atoms with Gasteiger partial charge in [0.05, 0.1) is 11.9 Å². The second kappa shape index (κ2) is 7.86. The van der Waals surface area contributed by atoms with Crippen molar-refractivity contribution in [2.24, 2.45) is 0 Å². The van der Waals surface area contributed by atoms with Crippen molar-refractivity contribution in [3.05, 3.63) is 57.8 Å². The van der Waals surface area contributed by atoms with E-state index in [1.54, 1.807) is 24.4 Å². The molecule has 24 heavy (non-hydrogen) atoms. The molecule has 1 aromatic carbocycles. The molecule has 2 rings (SSSR count). The SMILES string of the molecule is CC(C)(C)Nc1ccc(C(=O)NCCc2ccc(Cl)cc2Cl)nc1. The molecule has 1 aromatic heterocycles. The number of hydrogen-bond donors (Lipinski definition) is 2. The molecule has 0 bridgehead atoms. The number of pyridine rings is 1. The number of nitrogens with one attached hydrogen (secondary N) is 2. The van der Waals surface area contributed by atoms with Crippen LogP contribution in [0.4, 0.5) is 5.69 Å². The number of carbonyl (C=O) groups excluding carboxylic acids is 1. The molecule has 2 aromatic rings. The number of nitrogens with zero attached hydrogens (tertiary/aromatic N) is 1. The van der Waals surface area contributed by atoms with Crippen molar-refractivity contribution in [1.29, 1.82) is 0 Å². The van der Waals surface area contributed by atoms with Crippen molar-refractivity contribution in [2.75, 3.05) is 11.9 Å². The molecule has 128 valence electrons. The van der Waals surface area contributed by atoms with E-state index in [-0.39, 0.29) is 11.4 Å². The highest BCUT2D eigenvalue weighted by molar-refractivity contribution is 6.35. The predicted octanol–water partition coefficient (Wildman–Crippen LogP) is 4.57. The lowest BCUT2D eigenvalue weighted by molar-refractivity contribution is 0.0949. The van der Waals surface area contributed by atoms with E-state index in [0.29, 0.717) is 28.7 Å². The Bertz CT molecular complexity index is 709. The molecule has 0 fully saturated rings. The number of amides is 1. The zero-order valence-corrected chi connectivity index (χ0v) is 15.5. The number of rotatable bonds is 5. The van der Waals surface area contributed by atoms with Gasteiger partial charge in [-0.3, -0.25) is 4.79 Å². The maximum absolute atomic E-state index is 12.1. The van der Waals surface area contributed by atoms with Crippen molar-refractivity contribution < 1.29 is 4.79 Å². The van der Waals surface area contributed by atoms with E-state index in [4.69, 9.17) is 23.2 Å². The fourth-order valence-corrected chi connectivity index (χ4v) is 2.66. The standard InChI is InChI=1S/C18H21Cl2N3O/c1-18(2,3)23-14-6-7-16(22-11-14)17(24)21-9-8-12-4-5-13(19)10-15(12)20/h4-7,10-11,23H,8-9H2,1-3H3,(H,21,24). The Balaban J connectivity index is 1.88. The van der Waals surface area contributed by atoms with Gasteiger partial charge in [0.25, 0.3) is 5.91 Å². The highest BCUT2D eigenvalue weighted by Crippen LogP contribution is 2.21. The third kappa shape index (κ3) is 5.69. The van der Waals surface area contributed by atoms with Crippen molar-refractivity contribution in [2.45, 2.75) is 32.7 Å². The molecule has 0 aliphatic heterocycles. The van der Waals surface area contributed by atoms with Crippen LogP contribution >= 0.6 is 23.2 Å². The quantitative estimate of drug-likeness (QED) is 0.815. The number of aromatic nitrogens is 1. The fourth-order valence-electron chi connectivity index (χ4n) is 2.16. The zero-order chi connectivity index (χ0) is 17.7. The first-order valence-electron chi connectivity index (χ1n) is 7.71. The maximum Gasteiger partial charge on any atom is 0.269 e. The smallest absolute Gasteiger partial charge is 0.269 e. The molecule has 0 radical (unpaired) electrons. The second-order valence-corrected chi connectivity index (χ2v) is 7.39. The van der Waals surface area contributed by atoms with Gasteiger partial charge in [0.15, 0.2) is 0 Å². The number of benzene rings is 1. The van der Waals surface area contributed by atoms with E-state index in [0.717, 1.165) is 11.3 Å². The molecule has 0 saturated carbocycles. The average Bonchev–Trinajstić information content (AvgIpc) is 2.48. The normalized spacial score (nSPS) is 11.2. The minimum absolute atomic E-state index is 0.0523. The summed E-state index contributed by atoms with van der Waals surface area (Å²) in [7, 11) is 0. The molecular formula is C18H21Cl2N3O. The summed E-state index contributed by atoms with van der Waals surface area (Å²) in [6.07, 6.45) is 2.29. The van der Waals surface area contributed by atoms with Gasteiger partial charge in [-0.05, 0) is 57.0 Å². The van der Waals surface area contributed by atoms with Crippen LogP contribution in [0.15, 0.2) is 36.5 Å². The monoisotopic (exact) mass is 365 g/mol. The Hall–Kier alpha value is -1.78. The summed E-state index contributed by atoms with van der Waals surface area (Å²) < 4.78 is 0. The summed E-state index contributed by atoms with van der Waals surface area (Å²) in [6, 6.07) is 8.90.